The summed E-state index contributed by atoms with van der Waals surface area (Å²) in [4.78, 5) is 9.96. The van der Waals surface area contributed by atoms with Crippen LogP contribution in [0, 0.1) is 0 Å². The molecule has 0 bridgehead atoms. The molecule has 11 rings (SSSR count). The third kappa shape index (κ3) is 5.37. The van der Waals surface area contributed by atoms with Crippen LogP contribution in [0.2, 0.25) is 0 Å². The van der Waals surface area contributed by atoms with Gasteiger partial charge in [0.1, 0.15) is 0 Å². The van der Waals surface area contributed by atoms with E-state index in [1.807, 2.05) is 54.6 Å². The van der Waals surface area contributed by atoms with Crippen molar-refractivity contribution in [1.82, 2.24) is 9.97 Å². The van der Waals surface area contributed by atoms with Gasteiger partial charge in [-0.25, -0.2) is 9.97 Å². The molecule has 268 valence electrons. The molecule has 0 saturated heterocycles. The zero-order valence-corrected chi connectivity index (χ0v) is 30.8. The lowest BCUT2D eigenvalue weighted by Crippen LogP contribution is -2.28. The molecule has 0 unspecified atom stereocenters. The monoisotopic (exact) mass is 730 g/mol. The maximum absolute atomic E-state index is 6.87. The zero-order valence-electron chi connectivity index (χ0n) is 30.8. The Bertz CT molecular complexity index is 2830. The molecule has 2 heterocycles. The smallest absolute Gasteiger partial charge is 0.178 e. The van der Waals surface area contributed by atoms with Gasteiger partial charge in [-0.2, -0.15) is 0 Å². The summed E-state index contributed by atoms with van der Waals surface area (Å²) in [7, 11) is 0. The minimum Gasteiger partial charge on any atom is -0.449 e. The Morgan fingerprint density at radius 3 is 1.54 bits per heavy atom. The van der Waals surface area contributed by atoms with E-state index in [9.17, 15) is 0 Å². The molecule has 1 aromatic heterocycles. The van der Waals surface area contributed by atoms with Crippen molar-refractivity contribution in [3.8, 4) is 79.2 Å². The van der Waals surface area contributed by atoms with Crippen molar-refractivity contribution >= 4 is 0 Å². The van der Waals surface area contributed by atoms with Crippen LogP contribution in [0.25, 0.3) is 56.2 Å². The molecule has 0 spiro atoms. The van der Waals surface area contributed by atoms with Crippen LogP contribution in [-0.2, 0) is 5.41 Å². The number of rotatable bonds is 6. The van der Waals surface area contributed by atoms with Crippen molar-refractivity contribution in [2.75, 3.05) is 0 Å². The Morgan fingerprint density at radius 1 is 0.351 bits per heavy atom. The number of benzene rings is 8. The first kappa shape index (κ1) is 32.8. The number of aromatic nitrogens is 2. The first-order valence-corrected chi connectivity index (χ1v) is 19.2. The average molecular weight is 731 g/mol. The molecule has 0 atom stereocenters. The Kier molecular flexibility index (Phi) is 7.68. The van der Waals surface area contributed by atoms with Crippen molar-refractivity contribution in [2.45, 2.75) is 5.41 Å². The first-order valence-electron chi connectivity index (χ1n) is 19.2. The molecule has 0 amide bonds. The second-order valence-electron chi connectivity index (χ2n) is 14.5. The molecule has 1 aliphatic carbocycles. The zero-order chi connectivity index (χ0) is 37.8. The highest BCUT2D eigenvalue weighted by molar-refractivity contribution is 5.92. The fourth-order valence-electron chi connectivity index (χ4n) is 8.65. The van der Waals surface area contributed by atoms with Gasteiger partial charge >= 0.3 is 0 Å². The lowest BCUT2D eigenvalue weighted by Gasteiger charge is -2.34. The Labute approximate surface area is 331 Å². The molecule has 2 aliphatic rings. The molecule has 0 radical (unpaired) electrons. The molecule has 4 heteroatoms. The summed E-state index contributed by atoms with van der Waals surface area (Å²) in [5.74, 6) is 3.51. The van der Waals surface area contributed by atoms with Gasteiger partial charge in [-0.3, -0.25) is 0 Å². The average Bonchev–Trinajstić information content (AvgIpc) is 3.61. The minimum absolute atomic E-state index is 0.513. The summed E-state index contributed by atoms with van der Waals surface area (Å²) in [5, 5.41) is 0. The summed E-state index contributed by atoms with van der Waals surface area (Å²) in [6.07, 6.45) is 0. The van der Waals surface area contributed by atoms with Crippen LogP contribution < -0.4 is 9.47 Å². The first-order chi connectivity index (χ1) is 28.2. The van der Waals surface area contributed by atoms with E-state index < -0.39 is 5.41 Å². The maximum Gasteiger partial charge on any atom is 0.178 e. The van der Waals surface area contributed by atoms with Crippen LogP contribution in [0.5, 0.6) is 23.0 Å². The molecular weight excluding hydrogens is 697 g/mol. The molecule has 0 saturated carbocycles. The predicted octanol–water partition coefficient (Wildman–Crippen LogP) is 13.4. The van der Waals surface area contributed by atoms with E-state index in [1.54, 1.807) is 0 Å². The van der Waals surface area contributed by atoms with Crippen LogP contribution in [0.1, 0.15) is 22.3 Å². The van der Waals surface area contributed by atoms with E-state index in [1.165, 1.54) is 22.3 Å². The van der Waals surface area contributed by atoms with Crippen LogP contribution in [0.15, 0.2) is 206 Å². The minimum atomic E-state index is -0.513. The van der Waals surface area contributed by atoms with Gasteiger partial charge in [0.25, 0.3) is 0 Å². The van der Waals surface area contributed by atoms with Crippen molar-refractivity contribution in [1.29, 1.82) is 0 Å². The lowest BCUT2D eigenvalue weighted by atomic mass is 9.68. The highest BCUT2D eigenvalue weighted by Crippen LogP contribution is 2.62. The van der Waals surface area contributed by atoms with Gasteiger partial charge in [0.15, 0.2) is 28.8 Å². The molecule has 9 aromatic rings. The van der Waals surface area contributed by atoms with Crippen LogP contribution in [-0.4, -0.2) is 9.97 Å². The predicted molar refractivity (Wildman–Crippen MR) is 228 cm³/mol. The van der Waals surface area contributed by atoms with Crippen molar-refractivity contribution in [3.63, 3.8) is 0 Å². The van der Waals surface area contributed by atoms with Gasteiger partial charge in [0.05, 0.1) is 16.8 Å². The number of hydrogen-bond acceptors (Lipinski definition) is 4. The van der Waals surface area contributed by atoms with Crippen LogP contribution in [0.4, 0.5) is 0 Å². The topological polar surface area (TPSA) is 44.2 Å². The lowest BCUT2D eigenvalue weighted by molar-refractivity contribution is 0.360. The SMILES string of the molecule is c1ccc(-c2cc(-c3ccc(-c4ccc5c(c4)Oc4ccc6c(c4O5)-c4ccccc4C6(c4ccccc4)c4ccccc4)cc3)nc(-c3ccccc3)n2)cc1. The van der Waals surface area contributed by atoms with Gasteiger partial charge in [-0.05, 0) is 63.2 Å². The van der Waals surface area contributed by atoms with E-state index in [-0.39, 0.29) is 0 Å². The summed E-state index contributed by atoms with van der Waals surface area (Å²) in [5.41, 5.74) is 13.4. The Hall–Kier alpha value is -7.56. The highest BCUT2D eigenvalue weighted by Gasteiger charge is 2.48. The van der Waals surface area contributed by atoms with E-state index in [0.717, 1.165) is 56.1 Å². The van der Waals surface area contributed by atoms with Gasteiger partial charge in [0, 0.05) is 22.3 Å². The summed E-state index contributed by atoms with van der Waals surface area (Å²) in [6.45, 7) is 0. The molecule has 57 heavy (non-hydrogen) atoms. The molecule has 1 aliphatic heterocycles. The molecule has 0 N–H and O–H groups in total. The summed E-state index contributed by atoms with van der Waals surface area (Å²) in [6, 6.07) is 71.8. The number of nitrogens with zero attached hydrogens (tertiary/aromatic N) is 2. The standard InChI is InChI=1S/C53H34N2O2/c1-5-15-36(16-6-1)45-34-46(55-52(54-45)38-17-7-2-8-18-38)37-27-25-35(26-28-37)39-29-31-47-49(33-39)56-48-32-30-44-50(51(48)57-47)42-23-13-14-24-43(42)53(44,40-19-9-3-10-20-40)41-21-11-4-12-22-41/h1-34H. The van der Waals surface area contributed by atoms with E-state index in [4.69, 9.17) is 19.4 Å². The fourth-order valence-corrected chi connectivity index (χ4v) is 8.65. The maximum atomic E-state index is 6.87. The summed E-state index contributed by atoms with van der Waals surface area (Å²) < 4.78 is 13.6. The largest absolute Gasteiger partial charge is 0.449 e. The third-order valence-electron chi connectivity index (χ3n) is 11.3. The Balaban J connectivity index is 0.951. The Morgan fingerprint density at radius 2 is 0.877 bits per heavy atom. The second-order valence-corrected chi connectivity index (χ2v) is 14.5. The third-order valence-corrected chi connectivity index (χ3v) is 11.3. The summed E-state index contributed by atoms with van der Waals surface area (Å²) >= 11 is 0. The van der Waals surface area contributed by atoms with Gasteiger partial charge in [0.2, 0.25) is 0 Å². The van der Waals surface area contributed by atoms with E-state index in [0.29, 0.717) is 23.1 Å². The van der Waals surface area contributed by atoms with Crippen molar-refractivity contribution < 1.29 is 9.47 Å². The van der Waals surface area contributed by atoms with E-state index in [2.05, 4.69) is 152 Å². The van der Waals surface area contributed by atoms with Crippen LogP contribution >= 0.6 is 0 Å². The number of ether oxygens (including phenoxy) is 2. The number of hydrogen-bond donors (Lipinski definition) is 0. The fraction of sp³-hybridized carbons (Fsp3) is 0.0189. The van der Waals surface area contributed by atoms with Gasteiger partial charge in [-0.15, -0.1) is 0 Å². The van der Waals surface area contributed by atoms with Crippen molar-refractivity contribution in [2.24, 2.45) is 0 Å². The molecule has 4 nitrogen and oxygen atoms in total. The van der Waals surface area contributed by atoms with Gasteiger partial charge in [-0.1, -0.05) is 182 Å². The van der Waals surface area contributed by atoms with E-state index >= 15 is 0 Å². The van der Waals surface area contributed by atoms with Crippen LogP contribution in [0.3, 0.4) is 0 Å². The normalized spacial score (nSPS) is 13.0. The van der Waals surface area contributed by atoms with Crippen molar-refractivity contribution in [3.05, 3.63) is 229 Å². The highest BCUT2D eigenvalue weighted by atomic mass is 16.6. The van der Waals surface area contributed by atoms with Gasteiger partial charge < -0.3 is 9.47 Å². The number of fused-ring (bicyclic) bond motifs is 6. The second kappa shape index (κ2) is 13.3. The molecule has 0 fully saturated rings. The molecule has 8 aromatic carbocycles. The molecular formula is C53H34N2O2. The quantitative estimate of drug-likeness (QED) is 0.171.